The highest BCUT2D eigenvalue weighted by Gasteiger charge is 2.11. The van der Waals surface area contributed by atoms with Gasteiger partial charge in [0.1, 0.15) is 18.2 Å². The highest BCUT2D eigenvalue weighted by Crippen LogP contribution is 2.29. The fraction of sp³-hybridized carbons (Fsp3) is 0.250. The maximum atomic E-state index is 13.9. The van der Waals surface area contributed by atoms with Crippen molar-refractivity contribution < 1.29 is 9.13 Å². The van der Waals surface area contributed by atoms with Crippen LogP contribution in [0.4, 0.5) is 4.39 Å². The Morgan fingerprint density at radius 1 is 1.29 bits per heavy atom. The minimum Gasteiger partial charge on any atom is -0.488 e. The topological polar surface area (TPSA) is 35.2 Å². The molecule has 2 N–H and O–H groups in total. The summed E-state index contributed by atoms with van der Waals surface area (Å²) < 4.78 is 20.7. The van der Waals surface area contributed by atoms with Crippen molar-refractivity contribution in [2.75, 3.05) is 6.54 Å². The largest absolute Gasteiger partial charge is 0.488 e. The van der Waals surface area contributed by atoms with Crippen LogP contribution in [0.5, 0.6) is 5.75 Å². The van der Waals surface area contributed by atoms with Crippen LogP contribution in [0.3, 0.4) is 0 Å². The Hall–Kier alpha value is -1.10. The van der Waals surface area contributed by atoms with Gasteiger partial charge in [0, 0.05) is 10.0 Å². The minimum absolute atomic E-state index is 0.103. The minimum atomic E-state index is -0.436. The van der Waals surface area contributed by atoms with Gasteiger partial charge in [-0.3, -0.25) is 0 Å². The summed E-state index contributed by atoms with van der Waals surface area (Å²) in [6, 6.07) is 8.83. The van der Waals surface area contributed by atoms with Crippen LogP contribution in [-0.2, 0) is 13.0 Å². The van der Waals surface area contributed by atoms with Crippen LogP contribution in [0.2, 0.25) is 5.02 Å². The first-order valence-corrected chi connectivity index (χ1v) is 7.74. The second-order valence-corrected chi connectivity index (χ2v) is 6.07. The fourth-order valence-corrected chi connectivity index (χ4v) is 2.97. The molecule has 0 aromatic heterocycles. The van der Waals surface area contributed by atoms with E-state index in [2.05, 4.69) is 15.9 Å². The number of hydrogen-bond donors (Lipinski definition) is 1. The van der Waals surface area contributed by atoms with Crippen molar-refractivity contribution in [2.45, 2.75) is 20.0 Å². The third kappa shape index (κ3) is 3.96. The molecule has 0 heterocycles. The summed E-state index contributed by atoms with van der Waals surface area (Å²) in [7, 11) is 0. The second-order valence-electron chi connectivity index (χ2n) is 4.75. The standard InChI is InChI=1S/C16H16BrClFNO/c1-10-7-13(17)8-11(5-6-20)16(10)21-9-12-3-2-4-14(18)15(12)19/h2-4,7-8H,5-6,9,20H2,1H3. The molecule has 2 aromatic rings. The van der Waals surface area contributed by atoms with E-state index in [1.807, 2.05) is 19.1 Å². The van der Waals surface area contributed by atoms with Crippen molar-refractivity contribution in [1.29, 1.82) is 0 Å². The van der Waals surface area contributed by atoms with Gasteiger partial charge < -0.3 is 10.5 Å². The molecule has 0 aliphatic rings. The number of nitrogens with two attached hydrogens (primary N) is 1. The van der Waals surface area contributed by atoms with Crippen LogP contribution < -0.4 is 10.5 Å². The highest BCUT2D eigenvalue weighted by molar-refractivity contribution is 9.10. The predicted octanol–water partition coefficient (Wildman–Crippen LogP) is 4.63. The summed E-state index contributed by atoms with van der Waals surface area (Å²) in [5, 5.41) is 0.103. The first-order chi connectivity index (χ1) is 10.0. The van der Waals surface area contributed by atoms with Crippen LogP contribution in [0, 0.1) is 12.7 Å². The van der Waals surface area contributed by atoms with E-state index in [0.717, 1.165) is 21.3 Å². The normalized spacial score (nSPS) is 10.7. The number of ether oxygens (including phenoxy) is 1. The maximum absolute atomic E-state index is 13.9. The van der Waals surface area contributed by atoms with Gasteiger partial charge in [-0.25, -0.2) is 4.39 Å². The van der Waals surface area contributed by atoms with E-state index >= 15 is 0 Å². The molecule has 0 atom stereocenters. The molecule has 0 amide bonds. The molecule has 0 fully saturated rings. The zero-order valence-electron chi connectivity index (χ0n) is 11.6. The van der Waals surface area contributed by atoms with Gasteiger partial charge in [0.05, 0.1) is 5.02 Å². The molecule has 0 spiro atoms. The Kier molecular flexibility index (Phi) is 5.62. The monoisotopic (exact) mass is 371 g/mol. The lowest BCUT2D eigenvalue weighted by atomic mass is 10.1. The van der Waals surface area contributed by atoms with E-state index in [1.54, 1.807) is 12.1 Å². The first-order valence-electron chi connectivity index (χ1n) is 6.57. The lowest BCUT2D eigenvalue weighted by molar-refractivity contribution is 0.294. The van der Waals surface area contributed by atoms with Crippen molar-refractivity contribution >= 4 is 27.5 Å². The van der Waals surface area contributed by atoms with Gasteiger partial charge in [-0.1, -0.05) is 39.7 Å². The number of hydrogen-bond acceptors (Lipinski definition) is 2. The number of halogens is 3. The number of benzene rings is 2. The molecule has 5 heteroatoms. The smallest absolute Gasteiger partial charge is 0.148 e. The van der Waals surface area contributed by atoms with E-state index in [4.69, 9.17) is 22.1 Å². The van der Waals surface area contributed by atoms with Gasteiger partial charge in [0.2, 0.25) is 0 Å². The Labute approximate surface area is 137 Å². The molecule has 0 aliphatic heterocycles. The molecule has 0 radical (unpaired) electrons. The van der Waals surface area contributed by atoms with Gasteiger partial charge >= 0.3 is 0 Å². The third-order valence-corrected chi connectivity index (χ3v) is 3.88. The average Bonchev–Trinajstić information content (AvgIpc) is 2.42. The zero-order chi connectivity index (χ0) is 15.4. The van der Waals surface area contributed by atoms with E-state index in [-0.39, 0.29) is 11.6 Å². The van der Waals surface area contributed by atoms with Crippen LogP contribution >= 0.6 is 27.5 Å². The summed E-state index contributed by atoms with van der Waals surface area (Å²) in [6.07, 6.45) is 0.702. The molecule has 2 aromatic carbocycles. The van der Waals surface area contributed by atoms with E-state index < -0.39 is 5.82 Å². The second kappa shape index (κ2) is 7.25. The summed E-state index contributed by atoms with van der Waals surface area (Å²) in [5.41, 5.74) is 8.05. The molecule has 0 bridgehead atoms. The molecule has 0 saturated heterocycles. The molecule has 0 aliphatic carbocycles. The van der Waals surface area contributed by atoms with Gasteiger partial charge in [0.25, 0.3) is 0 Å². The summed E-state index contributed by atoms with van der Waals surface area (Å²) in [4.78, 5) is 0. The lowest BCUT2D eigenvalue weighted by Crippen LogP contribution is -2.07. The maximum Gasteiger partial charge on any atom is 0.148 e. The Balaban J connectivity index is 2.25. The molecule has 0 saturated carbocycles. The first kappa shape index (κ1) is 16.3. The quantitative estimate of drug-likeness (QED) is 0.830. The Morgan fingerprint density at radius 3 is 2.76 bits per heavy atom. The van der Waals surface area contributed by atoms with Crippen LogP contribution in [0.15, 0.2) is 34.8 Å². The predicted molar refractivity (Wildman–Crippen MR) is 87.4 cm³/mol. The van der Waals surface area contributed by atoms with Crippen molar-refractivity contribution in [3.05, 3.63) is 62.3 Å². The van der Waals surface area contributed by atoms with Gasteiger partial charge in [0.15, 0.2) is 0 Å². The van der Waals surface area contributed by atoms with Crippen molar-refractivity contribution in [3.63, 3.8) is 0 Å². The Morgan fingerprint density at radius 2 is 2.05 bits per heavy atom. The van der Waals surface area contributed by atoms with Crippen molar-refractivity contribution in [3.8, 4) is 5.75 Å². The zero-order valence-corrected chi connectivity index (χ0v) is 14.0. The average molecular weight is 373 g/mol. The van der Waals surface area contributed by atoms with E-state index in [1.165, 1.54) is 6.07 Å². The number of rotatable bonds is 5. The van der Waals surface area contributed by atoms with Crippen LogP contribution in [0.25, 0.3) is 0 Å². The molecule has 2 rings (SSSR count). The third-order valence-electron chi connectivity index (χ3n) is 3.13. The van der Waals surface area contributed by atoms with Gasteiger partial charge in [-0.15, -0.1) is 0 Å². The fourth-order valence-electron chi connectivity index (χ4n) is 2.16. The molecule has 2 nitrogen and oxygen atoms in total. The van der Waals surface area contributed by atoms with Gasteiger partial charge in [-0.05, 0) is 49.2 Å². The molecule has 112 valence electrons. The highest BCUT2D eigenvalue weighted by atomic mass is 79.9. The molecule has 21 heavy (non-hydrogen) atoms. The Bertz CT molecular complexity index is 648. The molecular formula is C16H16BrClFNO. The van der Waals surface area contributed by atoms with Gasteiger partial charge in [-0.2, -0.15) is 0 Å². The van der Waals surface area contributed by atoms with Crippen molar-refractivity contribution in [2.24, 2.45) is 5.73 Å². The summed E-state index contributed by atoms with van der Waals surface area (Å²) >= 11 is 9.24. The SMILES string of the molecule is Cc1cc(Br)cc(CCN)c1OCc1cccc(Cl)c1F. The summed E-state index contributed by atoms with van der Waals surface area (Å²) in [5.74, 6) is 0.317. The van der Waals surface area contributed by atoms with Crippen molar-refractivity contribution in [1.82, 2.24) is 0 Å². The van der Waals surface area contributed by atoms with Crippen LogP contribution in [0.1, 0.15) is 16.7 Å². The lowest BCUT2D eigenvalue weighted by Gasteiger charge is -2.15. The molecular weight excluding hydrogens is 357 g/mol. The molecule has 0 unspecified atom stereocenters. The summed E-state index contributed by atoms with van der Waals surface area (Å²) in [6.45, 7) is 2.61. The van der Waals surface area contributed by atoms with E-state index in [9.17, 15) is 4.39 Å². The van der Waals surface area contributed by atoms with Crippen LogP contribution in [-0.4, -0.2) is 6.54 Å². The number of aryl methyl sites for hydroxylation is 1. The van der Waals surface area contributed by atoms with E-state index in [0.29, 0.717) is 18.5 Å².